The summed E-state index contributed by atoms with van der Waals surface area (Å²) in [6.45, 7) is 6.66. The van der Waals surface area contributed by atoms with Crippen molar-refractivity contribution >= 4 is 15.7 Å². The summed E-state index contributed by atoms with van der Waals surface area (Å²) in [4.78, 5) is 11.6. The minimum atomic E-state index is -3.22. The van der Waals surface area contributed by atoms with Gasteiger partial charge in [0, 0.05) is 55.4 Å². The van der Waals surface area contributed by atoms with Crippen LogP contribution < -0.4 is 10.5 Å². The molecule has 2 aliphatic rings. The molecule has 1 saturated heterocycles. The molecule has 0 amide bonds. The van der Waals surface area contributed by atoms with Crippen LogP contribution in [0.4, 0.5) is 0 Å². The molecule has 9 nitrogen and oxygen atoms in total. The summed E-state index contributed by atoms with van der Waals surface area (Å²) >= 11 is 0. The Hall–Kier alpha value is -3.52. The zero-order chi connectivity index (χ0) is 27.3. The third-order valence-electron chi connectivity index (χ3n) is 6.88. The van der Waals surface area contributed by atoms with Gasteiger partial charge in [-0.05, 0) is 62.1 Å². The summed E-state index contributed by atoms with van der Waals surface area (Å²) in [6, 6.07) is 11.4. The van der Waals surface area contributed by atoms with E-state index in [0.29, 0.717) is 49.9 Å². The highest BCUT2D eigenvalue weighted by atomic mass is 32.2. The number of hydrogen-bond acceptors (Lipinski definition) is 8. The fraction of sp³-hybridized carbons (Fsp3) is 0.393. The number of rotatable bonds is 7. The summed E-state index contributed by atoms with van der Waals surface area (Å²) in [5.74, 6) is 1.10. The summed E-state index contributed by atoms with van der Waals surface area (Å²) in [7, 11) is -3.22. The van der Waals surface area contributed by atoms with Crippen LogP contribution >= 0.6 is 0 Å². The smallest absolute Gasteiger partial charge is 0.221 e. The number of aromatic nitrogens is 1. The highest BCUT2D eigenvalue weighted by Crippen LogP contribution is 2.32. The van der Waals surface area contributed by atoms with Crippen molar-refractivity contribution in [3.8, 4) is 23.1 Å². The maximum absolute atomic E-state index is 12.0. The molecule has 0 radical (unpaired) electrons. The van der Waals surface area contributed by atoms with Crippen LogP contribution in [0.2, 0.25) is 0 Å². The van der Waals surface area contributed by atoms with Gasteiger partial charge in [0.15, 0.2) is 0 Å². The Morgan fingerprint density at radius 2 is 1.95 bits per heavy atom. The number of nitriles is 1. The van der Waals surface area contributed by atoms with Gasteiger partial charge in [-0.2, -0.15) is 9.57 Å². The second-order valence-electron chi connectivity index (χ2n) is 9.67. The average Bonchev–Trinajstić information content (AvgIpc) is 2.90. The number of aliphatic imine (C=N–C) groups is 1. The lowest BCUT2D eigenvalue weighted by atomic mass is 10.0. The van der Waals surface area contributed by atoms with Crippen LogP contribution in [0.3, 0.4) is 0 Å². The molecule has 1 fully saturated rings. The molecule has 0 saturated carbocycles. The number of allylic oxidation sites excluding steroid dienone is 2. The first-order valence-electron chi connectivity index (χ1n) is 12.7. The molecule has 0 aliphatic carbocycles. The molecule has 2 N–H and O–H groups in total. The molecule has 38 heavy (non-hydrogen) atoms. The second kappa shape index (κ2) is 11.9. The van der Waals surface area contributed by atoms with Crippen molar-refractivity contribution in [3.05, 3.63) is 71.4 Å². The van der Waals surface area contributed by atoms with E-state index in [0.717, 1.165) is 41.1 Å². The number of piperazine rings is 1. The number of ether oxygens (including phenoxy) is 1. The van der Waals surface area contributed by atoms with Gasteiger partial charge in [-0.15, -0.1) is 0 Å². The normalized spacial score (nSPS) is 21.7. The highest BCUT2D eigenvalue weighted by Gasteiger charge is 2.25. The predicted octanol–water partition coefficient (Wildman–Crippen LogP) is 3.30. The molecule has 2 aromatic rings. The molecule has 0 bridgehead atoms. The van der Waals surface area contributed by atoms with Gasteiger partial charge in [-0.3, -0.25) is 4.98 Å². The molecule has 1 unspecified atom stereocenters. The van der Waals surface area contributed by atoms with E-state index in [1.54, 1.807) is 18.3 Å². The highest BCUT2D eigenvalue weighted by molar-refractivity contribution is 7.88. The second-order valence-corrected chi connectivity index (χ2v) is 11.6. The fourth-order valence-corrected chi connectivity index (χ4v) is 5.25. The molecule has 1 aromatic carbocycles. The molecule has 1 atom stereocenters. The number of sulfonamides is 1. The van der Waals surface area contributed by atoms with Crippen LogP contribution in [0.15, 0.2) is 65.3 Å². The van der Waals surface area contributed by atoms with Crippen molar-refractivity contribution in [1.82, 2.24) is 14.2 Å². The minimum absolute atomic E-state index is 0.205. The van der Waals surface area contributed by atoms with E-state index in [1.165, 1.54) is 10.6 Å². The number of pyridine rings is 1. The van der Waals surface area contributed by atoms with Gasteiger partial charge in [0.25, 0.3) is 0 Å². The molecule has 0 spiro atoms. The number of nitrogens with zero attached hydrogens (tertiary/aromatic N) is 5. The summed E-state index contributed by atoms with van der Waals surface area (Å²) in [5.41, 5.74) is 10.5. The standard InChI is InChI=1S/C28H34N6O3S/c1-20-4-7-24(33-12-14-34(15-13-33)38(3,35)36)17-28(32-21(20)2)37-27-16-23(18-30)5-8-25(27)26-9-6-22(10-11-29)19-31-26/h5-9,16-17,19-20H,4,10-15,29H2,1-3H3/b24-7-,28-17+,32-21?. The fourth-order valence-electron chi connectivity index (χ4n) is 4.42. The van der Waals surface area contributed by atoms with Crippen LogP contribution in [0.1, 0.15) is 31.4 Å². The molecule has 4 rings (SSSR count). The van der Waals surface area contributed by atoms with Crippen molar-refractivity contribution in [1.29, 1.82) is 5.26 Å². The monoisotopic (exact) mass is 534 g/mol. The van der Waals surface area contributed by atoms with Crippen LogP contribution in [-0.2, 0) is 16.4 Å². The van der Waals surface area contributed by atoms with E-state index < -0.39 is 10.0 Å². The predicted molar refractivity (Wildman–Crippen MR) is 149 cm³/mol. The van der Waals surface area contributed by atoms with E-state index >= 15 is 0 Å². The van der Waals surface area contributed by atoms with Crippen molar-refractivity contribution in [2.24, 2.45) is 16.6 Å². The van der Waals surface area contributed by atoms with Crippen molar-refractivity contribution < 1.29 is 13.2 Å². The number of hydrogen-bond donors (Lipinski definition) is 1. The zero-order valence-electron chi connectivity index (χ0n) is 22.1. The van der Waals surface area contributed by atoms with E-state index in [4.69, 9.17) is 15.5 Å². The van der Waals surface area contributed by atoms with E-state index in [-0.39, 0.29) is 5.92 Å². The third-order valence-corrected chi connectivity index (χ3v) is 8.19. The van der Waals surface area contributed by atoms with E-state index in [1.807, 2.05) is 31.2 Å². The first-order chi connectivity index (χ1) is 18.2. The summed E-state index contributed by atoms with van der Waals surface area (Å²) in [5, 5.41) is 9.54. The van der Waals surface area contributed by atoms with E-state index in [9.17, 15) is 13.7 Å². The Morgan fingerprint density at radius 3 is 2.58 bits per heavy atom. The van der Waals surface area contributed by atoms with Crippen molar-refractivity contribution in [2.75, 3.05) is 39.0 Å². The molecular formula is C28H34N6O3S. The Kier molecular flexibility index (Phi) is 8.62. The first kappa shape index (κ1) is 27.5. The van der Waals surface area contributed by atoms with Gasteiger partial charge in [-0.25, -0.2) is 13.4 Å². The van der Waals surface area contributed by atoms with Crippen LogP contribution in [0.25, 0.3) is 11.3 Å². The lowest BCUT2D eigenvalue weighted by Gasteiger charge is -2.35. The van der Waals surface area contributed by atoms with Gasteiger partial charge >= 0.3 is 0 Å². The first-order valence-corrected chi connectivity index (χ1v) is 14.6. The Bertz CT molecular complexity index is 1400. The topological polar surface area (TPSA) is 125 Å². The SMILES string of the molecule is CC1=N/C(Oc2cc(C#N)ccc2-c2ccc(CCN)cn2)=C\C(N2CCN(S(C)(=O)=O)CC2)=C\CC1C. The summed E-state index contributed by atoms with van der Waals surface area (Å²) < 4.78 is 31.8. The molecule has 1 aromatic heterocycles. The van der Waals surface area contributed by atoms with E-state index in [2.05, 4.69) is 29.0 Å². The Balaban J connectivity index is 1.67. The Morgan fingerprint density at radius 1 is 1.18 bits per heavy atom. The van der Waals surface area contributed by atoms with Crippen molar-refractivity contribution in [2.45, 2.75) is 26.7 Å². The third kappa shape index (κ3) is 6.67. The van der Waals surface area contributed by atoms with Gasteiger partial charge < -0.3 is 15.4 Å². The minimum Gasteiger partial charge on any atom is -0.438 e. The molecule has 200 valence electrons. The van der Waals surface area contributed by atoms with Crippen LogP contribution in [0, 0.1) is 17.2 Å². The average molecular weight is 535 g/mol. The molecule has 3 heterocycles. The largest absolute Gasteiger partial charge is 0.438 e. The molecular weight excluding hydrogens is 500 g/mol. The number of nitrogens with two attached hydrogens (primary N) is 1. The zero-order valence-corrected chi connectivity index (χ0v) is 22.9. The quantitative estimate of drug-likeness (QED) is 0.578. The maximum atomic E-state index is 12.0. The van der Waals surface area contributed by atoms with Gasteiger partial charge in [-0.1, -0.05) is 19.1 Å². The van der Waals surface area contributed by atoms with Crippen LogP contribution in [-0.4, -0.2) is 67.3 Å². The van der Waals surface area contributed by atoms with Gasteiger partial charge in [0.1, 0.15) is 5.75 Å². The lowest BCUT2D eigenvalue weighted by molar-refractivity contribution is 0.233. The van der Waals surface area contributed by atoms with Crippen LogP contribution in [0.5, 0.6) is 5.75 Å². The summed E-state index contributed by atoms with van der Waals surface area (Å²) in [6.07, 6.45) is 8.67. The lowest BCUT2D eigenvalue weighted by Crippen LogP contribution is -2.47. The maximum Gasteiger partial charge on any atom is 0.221 e. The van der Waals surface area contributed by atoms with Gasteiger partial charge in [0.2, 0.25) is 15.9 Å². The number of benzene rings is 1. The van der Waals surface area contributed by atoms with Crippen molar-refractivity contribution in [3.63, 3.8) is 0 Å². The molecule has 10 heteroatoms. The Labute approximate surface area is 225 Å². The molecule has 2 aliphatic heterocycles. The van der Waals surface area contributed by atoms with Gasteiger partial charge in [0.05, 0.1) is 23.6 Å².